The highest BCUT2D eigenvalue weighted by Gasteiger charge is 2.10. The number of benzene rings is 1. The first-order valence-electron chi connectivity index (χ1n) is 4.26. The zero-order valence-electron chi connectivity index (χ0n) is 7.58. The molecule has 0 aliphatic carbocycles. The lowest BCUT2D eigenvalue weighted by Gasteiger charge is -2.01. The van der Waals surface area contributed by atoms with Crippen molar-refractivity contribution in [1.29, 1.82) is 0 Å². The van der Waals surface area contributed by atoms with Gasteiger partial charge < -0.3 is 4.74 Å². The van der Waals surface area contributed by atoms with Crippen molar-refractivity contribution < 1.29 is 4.74 Å². The first-order chi connectivity index (χ1) is 6.72. The van der Waals surface area contributed by atoms with E-state index in [9.17, 15) is 0 Å². The highest BCUT2D eigenvalue weighted by molar-refractivity contribution is 7.83. The highest BCUT2D eigenvalue weighted by Crippen LogP contribution is 2.41. The van der Waals surface area contributed by atoms with Gasteiger partial charge in [-0.15, -0.1) is 24.0 Å². The van der Waals surface area contributed by atoms with Crippen molar-refractivity contribution in [2.24, 2.45) is 0 Å². The molecule has 0 atom stereocenters. The van der Waals surface area contributed by atoms with E-state index in [-0.39, 0.29) is 0 Å². The van der Waals surface area contributed by atoms with Gasteiger partial charge in [-0.05, 0) is 25.1 Å². The number of hydrogen-bond donors (Lipinski definition) is 1. The molecule has 0 unspecified atom stereocenters. The van der Waals surface area contributed by atoms with Crippen LogP contribution >= 0.6 is 35.6 Å². The van der Waals surface area contributed by atoms with E-state index < -0.39 is 0 Å². The minimum absolute atomic E-state index is 0.645. The molecular formula is C10H9ClOS2. The Kier molecular flexibility index (Phi) is 2.91. The quantitative estimate of drug-likeness (QED) is 0.778. The fourth-order valence-electron chi connectivity index (χ4n) is 1.32. The predicted octanol–water partition coefficient (Wildman–Crippen LogP) is 4.24. The van der Waals surface area contributed by atoms with Gasteiger partial charge in [-0.25, -0.2) is 0 Å². The van der Waals surface area contributed by atoms with E-state index >= 15 is 0 Å². The van der Waals surface area contributed by atoms with Gasteiger partial charge in [0.05, 0.1) is 6.61 Å². The Morgan fingerprint density at radius 1 is 1.50 bits per heavy atom. The molecule has 0 saturated heterocycles. The standard InChI is InChI=1S/C10H9ClOS2/c1-2-12-9-7-5-6(11)3-4-8(7)14-10(9)13/h3-5,13H,2H2,1H3. The second-order valence-corrected chi connectivity index (χ2v) is 5.05. The molecule has 4 heteroatoms. The minimum atomic E-state index is 0.645. The molecule has 1 aromatic heterocycles. The molecule has 2 aromatic rings. The Hall–Kier alpha value is -0.380. The van der Waals surface area contributed by atoms with Crippen LogP contribution in [0.1, 0.15) is 6.92 Å². The molecule has 1 heterocycles. The van der Waals surface area contributed by atoms with Crippen LogP contribution in [0.2, 0.25) is 5.02 Å². The maximum Gasteiger partial charge on any atom is 0.151 e. The Bertz CT molecular complexity index is 464. The van der Waals surface area contributed by atoms with Crippen molar-refractivity contribution in [3.8, 4) is 5.75 Å². The molecule has 0 spiro atoms. The van der Waals surface area contributed by atoms with Crippen LogP contribution in [0.3, 0.4) is 0 Å². The predicted molar refractivity (Wildman–Crippen MR) is 65.3 cm³/mol. The fraction of sp³-hybridized carbons (Fsp3) is 0.200. The largest absolute Gasteiger partial charge is 0.491 e. The van der Waals surface area contributed by atoms with Gasteiger partial charge in [0, 0.05) is 15.1 Å². The Morgan fingerprint density at radius 3 is 3.00 bits per heavy atom. The zero-order chi connectivity index (χ0) is 10.1. The molecule has 1 nitrogen and oxygen atoms in total. The van der Waals surface area contributed by atoms with Crippen LogP contribution in [0.4, 0.5) is 0 Å². The molecule has 0 aliphatic rings. The topological polar surface area (TPSA) is 9.23 Å². The lowest BCUT2D eigenvalue weighted by molar-refractivity contribution is 0.339. The smallest absolute Gasteiger partial charge is 0.151 e. The van der Waals surface area contributed by atoms with Gasteiger partial charge in [-0.3, -0.25) is 0 Å². The maximum absolute atomic E-state index is 5.92. The highest BCUT2D eigenvalue weighted by atomic mass is 35.5. The number of thiophene rings is 1. The second-order valence-electron chi connectivity index (χ2n) is 2.81. The summed E-state index contributed by atoms with van der Waals surface area (Å²) in [5.41, 5.74) is 0. The average Bonchev–Trinajstić information content (AvgIpc) is 2.45. The molecule has 1 aromatic carbocycles. The van der Waals surface area contributed by atoms with Crippen molar-refractivity contribution in [2.45, 2.75) is 11.1 Å². The molecule has 0 N–H and O–H groups in total. The van der Waals surface area contributed by atoms with Gasteiger partial charge in [-0.1, -0.05) is 11.6 Å². The molecule has 0 bridgehead atoms. The molecule has 0 fully saturated rings. The van der Waals surface area contributed by atoms with E-state index in [0.29, 0.717) is 6.61 Å². The number of rotatable bonds is 2. The summed E-state index contributed by atoms with van der Waals surface area (Å²) in [6, 6.07) is 5.78. The minimum Gasteiger partial charge on any atom is -0.491 e. The van der Waals surface area contributed by atoms with E-state index in [1.165, 1.54) is 0 Å². The SMILES string of the molecule is CCOc1c(S)sc2ccc(Cl)cc12. The van der Waals surface area contributed by atoms with Crippen molar-refractivity contribution >= 4 is 45.7 Å². The van der Waals surface area contributed by atoms with Crippen LogP contribution in [0.15, 0.2) is 22.4 Å². The Balaban J connectivity index is 2.66. The van der Waals surface area contributed by atoms with Crippen molar-refractivity contribution in [3.63, 3.8) is 0 Å². The number of fused-ring (bicyclic) bond motifs is 1. The molecule has 0 amide bonds. The number of thiol groups is 1. The molecule has 14 heavy (non-hydrogen) atoms. The summed E-state index contributed by atoms with van der Waals surface area (Å²) in [4.78, 5) is 0. The van der Waals surface area contributed by atoms with Crippen LogP contribution in [0, 0.1) is 0 Å². The summed E-state index contributed by atoms with van der Waals surface area (Å²) in [5.74, 6) is 0.846. The van der Waals surface area contributed by atoms with Gasteiger partial charge in [0.15, 0.2) is 5.75 Å². The number of halogens is 1. The maximum atomic E-state index is 5.92. The Labute approximate surface area is 97.1 Å². The zero-order valence-corrected chi connectivity index (χ0v) is 10.0. The molecule has 74 valence electrons. The lowest BCUT2D eigenvalue weighted by atomic mass is 10.2. The van der Waals surface area contributed by atoms with Gasteiger partial charge in [0.2, 0.25) is 0 Å². The molecule has 0 aliphatic heterocycles. The molecule has 2 rings (SSSR count). The summed E-state index contributed by atoms with van der Waals surface area (Å²) in [6.45, 7) is 2.60. The summed E-state index contributed by atoms with van der Waals surface area (Å²) in [5, 5.41) is 1.78. The van der Waals surface area contributed by atoms with E-state index in [2.05, 4.69) is 12.6 Å². The monoisotopic (exact) mass is 244 g/mol. The third-order valence-electron chi connectivity index (χ3n) is 1.88. The molecule has 0 saturated carbocycles. The van der Waals surface area contributed by atoms with Crippen LogP contribution in [0.25, 0.3) is 10.1 Å². The van der Waals surface area contributed by atoms with E-state index in [1.54, 1.807) is 11.3 Å². The van der Waals surface area contributed by atoms with Gasteiger partial charge in [0.25, 0.3) is 0 Å². The van der Waals surface area contributed by atoms with Gasteiger partial charge in [0.1, 0.15) is 4.21 Å². The summed E-state index contributed by atoms with van der Waals surface area (Å²) < 4.78 is 7.58. The third kappa shape index (κ3) is 1.72. The van der Waals surface area contributed by atoms with Crippen LogP contribution < -0.4 is 4.74 Å². The van der Waals surface area contributed by atoms with E-state index in [4.69, 9.17) is 16.3 Å². The third-order valence-corrected chi connectivity index (χ3v) is 3.54. The Morgan fingerprint density at radius 2 is 2.29 bits per heavy atom. The summed E-state index contributed by atoms with van der Waals surface area (Å²) in [6.07, 6.45) is 0. The van der Waals surface area contributed by atoms with Crippen molar-refractivity contribution in [1.82, 2.24) is 0 Å². The number of hydrogen-bond acceptors (Lipinski definition) is 3. The lowest BCUT2D eigenvalue weighted by Crippen LogP contribution is -1.90. The van der Waals surface area contributed by atoms with Gasteiger partial charge in [-0.2, -0.15) is 0 Å². The van der Waals surface area contributed by atoms with E-state index in [1.807, 2.05) is 25.1 Å². The molecular weight excluding hydrogens is 236 g/mol. The fourth-order valence-corrected chi connectivity index (χ4v) is 2.84. The van der Waals surface area contributed by atoms with Crippen molar-refractivity contribution in [3.05, 3.63) is 23.2 Å². The normalized spacial score (nSPS) is 10.8. The van der Waals surface area contributed by atoms with Crippen LogP contribution in [-0.4, -0.2) is 6.61 Å². The summed E-state index contributed by atoms with van der Waals surface area (Å²) in [7, 11) is 0. The molecule has 0 radical (unpaired) electrons. The van der Waals surface area contributed by atoms with Crippen molar-refractivity contribution in [2.75, 3.05) is 6.61 Å². The average molecular weight is 245 g/mol. The second kappa shape index (κ2) is 4.01. The van der Waals surface area contributed by atoms with E-state index in [0.717, 1.165) is 25.1 Å². The van der Waals surface area contributed by atoms with Crippen LogP contribution in [-0.2, 0) is 0 Å². The number of ether oxygens (including phenoxy) is 1. The first kappa shape index (κ1) is 10.1. The van der Waals surface area contributed by atoms with Gasteiger partial charge >= 0.3 is 0 Å². The summed E-state index contributed by atoms with van der Waals surface area (Å²) >= 11 is 11.9. The first-order valence-corrected chi connectivity index (χ1v) is 5.90. The van der Waals surface area contributed by atoms with Crippen LogP contribution in [0.5, 0.6) is 5.75 Å².